The summed E-state index contributed by atoms with van der Waals surface area (Å²) < 4.78 is 10.5. The minimum absolute atomic E-state index is 0.0814. The lowest BCUT2D eigenvalue weighted by Crippen LogP contribution is -2.53. The fourth-order valence-corrected chi connectivity index (χ4v) is 2.25. The Morgan fingerprint density at radius 3 is 2.75 bits per heavy atom. The lowest BCUT2D eigenvalue weighted by Gasteiger charge is -2.31. The van der Waals surface area contributed by atoms with Crippen LogP contribution in [0.5, 0.6) is 0 Å². The summed E-state index contributed by atoms with van der Waals surface area (Å²) in [5.41, 5.74) is 5.97. The van der Waals surface area contributed by atoms with E-state index in [9.17, 15) is 4.79 Å². The van der Waals surface area contributed by atoms with Gasteiger partial charge in [-0.25, -0.2) is 0 Å². The Labute approximate surface area is 95.7 Å². The maximum atomic E-state index is 11.8. The molecule has 92 valence electrons. The van der Waals surface area contributed by atoms with Crippen LogP contribution in [0.1, 0.15) is 25.7 Å². The van der Waals surface area contributed by atoms with Gasteiger partial charge in [-0.3, -0.25) is 4.79 Å². The van der Waals surface area contributed by atoms with Crippen molar-refractivity contribution in [2.45, 2.75) is 43.9 Å². The molecule has 16 heavy (non-hydrogen) atoms. The molecule has 1 heterocycles. The molecule has 2 aliphatic rings. The summed E-state index contributed by atoms with van der Waals surface area (Å²) in [7, 11) is 0. The predicted octanol–water partition coefficient (Wildman–Crippen LogP) is -0.212. The van der Waals surface area contributed by atoms with Gasteiger partial charge in [-0.05, 0) is 12.8 Å². The van der Waals surface area contributed by atoms with Gasteiger partial charge in [-0.2, -0.15) is 0 Å². The Morgan fingerprint density at radius 1 is 1.25 bits per heavy atom. The van der Waals surface area contributed by atoms with Gasteiger partial charge < -0.3 is 20.5 Å². The van der Waals surface area contributed by atoms with E-state index in [1.165, 1.54) is 0 Å². The Hall–Kier alpha value is -0.650. The number of nitrogens with two attached hydrogens (primary N) is 1. The maximum absolute atomic E-state index is 11.8. The highest BCUT2D eigenvalue weighted by molar-refractivity contribution is 5.81. The van der Waals surface area contributed by atoms with Crippen molar-refractivity contribution in [1.82, 2.24) is 5.32 Å². The molecule has 0 aromatic rings. The van der Waals surface area contributed by atoms with Gasteiger partial charge in [0.1, 0.15) is 0 Å². The predicted molar refractivity (Wildman–Crippen MR) is 58.9 cm³/mol. The lowest BCUT2D eigenvalue weighted by atomic mass is 9.91. The zero-order chi connectivity index (χ0) is 11.4. The van der Waals surface area contributed by atoms with Crippen LogP contribution in [0.4, 0.5) is 0 Å². The summed E-state index contributed by atoms with van der Waals surface area (Å²) in [6, 6.07) is 0.189. The van der Waals surface area contributed by atoms with Crippen LogP contribution in [-0.4, -0.2) is 43.9 Å². The Kier molecular flexibility index (Phi) is 4.15. The molecule has 5 nitrogen and oxygen atoms in total. The summed E-state index contributed by atoms with van der Waals surface area (Å²) in [5.74, 6) is -0.0814. The van der Waals surface area contributed by atoms with Crippen molar-refractivity contribution < 1.29 is 14.3 Å². The first-order chi connectivity index (χ1) is 7.77. The van der Waals surface area contributed by atoms with E-state index in [-0.39, 0.29) is 18.0 Å². The molecule has 1 saturated carbocycles. The second-order valence-electron chi connectivity index (χ2n) is 4.50. The van der Waals surface area contributed by atoms with Gasteiger partial charge in [0.15, 0.2) is 6.10 Å². The number of carbonyl (C=O) groups is 1. The third kappa shape index (κ3) is 2.93. The molecule has 1 aliphatic heterocycles. The third-order valence-electron chi connectivity index (χ3n) is 3.26. The van der Waals surface area contributed by atoms with E-state index in [2.05, 4.69) is 5.32 Å². The fraction of sp³-hybridized carbons (Fsp3) is 0.909. The van der Waals surface area contributed by atoms with Crippen LogP contribution in [0.3, 0.4) is 0 Å². The zero-order valence-electron chi connectivity index (χ0n) is 9.48. The van der Waals surface area contributed by atoms with Gasteiger partial charge in [0, 0.05) is 12.1 Å². The van der Waals surface area contributed by atoms with Crippen LogP contribution in [0.25, 0.3) is 0 Å². The number of nitrogens with one attached hydrogen (secondary N) is 1. The topological polar surface area (TPSA) is 73.6 Å². The molecule has 0 aromatic heterocycles. The minimum atomic E-state index is -0.456. The molecule has 0 radical (unpaired) electrons. The highest BCUT2D eigenvalue weighted by Crippen LogP contribution is 2.17. The van der Waals surface area contributed by atoms with E-state index in [0.717, 1.165) is 25.7 Å². The fourth-order valence-electron chi connectivity index (χ4n) is 2.25. The highest BCUT2D eigenvalue weighted by Gasteiger charge is 2.28. The summed E-state index contributed by atoms with van der Waals surface area (Å²) in [5, 5.41) is 2.97. The van der Waals surface area contributed by atoms with E-state index in [1.54, 1.807) is 0 Å². The maximum Gasteiger partial charge on any atom is 0.251 e. The average molecular weight is 228 g/mol. The van der Waals surface area contributed by atoms with Gasteiger partial charge in [-0.1, -0.05) is 12.8 Å². The molecule has 2 rings (SSSR count). The Balaban J connectivity index is 1.80. The first kappa shape index (κ1) is 11.8. The molecule has 0 bridgehead atoms. The molecule has 3 atom stereocenters. The van der Waals surface area contributed by atoms with E-state index in [0.29, 0.717) is 19.8 Å². The molecular formula is C11H20N2O3. The largest absolute Gasteiger partial charge is 0.376 e. The number of amides is 1. The van der Waals surface area contributed by atoms with Crippen molar-refractivity contribution in [3.63, 3.8) is 0 Å². The molecule has 3 N–H and O–H groups in total. The van der Waals surface area contributed by atoms with Crippen molar-refractivity contribution in [1.29, 1.82) is 0 Å². The van der Waals surface area contributed by atoms with Crippen molar-refractivity contribution >= 4 is 5.91 Å². The monoisotopic (exact) mass is 228 g/mol. The highest BCUT2D eigenvalue weighted by atomic mass is 16.6. The van der Waals surface area contributed by atoms with E-state index < -0.39 is 6.10 Å². The Bertz CT molecular complexity index is 241. The van der Waals surface area contributed by atoms with Gasteiger partial charge in [-0.15, -0.1) is 0 Å². The second-order valence-corrected chi connectivity index (χ2v) is 4.50. The summed E-state index contributed by atoms with van der Waals surface area (Å²) in [6.45, 7) is 1.43. The van der Waals surface area contributed by atoms with Crippen LogP contribution in [0.15, 0.2) is 0 Å². The zero-order valence-corrected chi connectivity index (χ0v) is 9.48. The summed E-state index contributed by atoms with van der Waals surface area (Å²) in [6.07, 6.45) is 3.81. The number of rotatable bonds is 2. The molecule has 5 heteroatoms. The van der Waals surface area contributed by atoms with E-state index >= 15 is 0 Å². The van der Waals surface area contributed by atoms with Gasteiger partial charge in [0.25, 0.3) is 5.91 Å². The molecule has 0 aromatic carbocycles. The van der Waals surface area contributed by atoms with E-state index in [1.807, 2.05) is 0 Å². The standard InChI is InChI=1S/C11H20N2O3/c12-8-3-1-2-4-9(8)13-11(14)10-7-15-5-6-16-10/h8-10H,1-7,12H2,(H,13,14)/t8-,9-,10?/m1/s1. The Morgan fingerprint density at radius 2 is 2.06 bits per heavy atom. The van der Waals surface area contributed by atoms with Crippen LogP contribution in [-0.2, 0) is 14.3 Å². The smallest absolute Gasteiger partial charge is 0.251 e. The number of carbonyl (C=O) groups excluding carboxylic acids is 1. The summed E-state index contributed by atoms with van der Waals surface area (Å²) in [4.78, 5) is 11.8. The molecule has 1 amide bonds. The van der Waals surface area contributed by atoms with Crippen molar-refractivity contribution in [3.8, 4) is 0 Å². The molecule has 1 aliphatic carbocycles. The van der Waals surface area contributed by atoms with Gasteiger partial charge in [0.05, 0.1) is 19.8 Å². The molecule has 0 spiro atoms. The van der Waals surface area contributed by atoms with Crippen molar-refractivity contribution in [2.24, 2.45) is 5.73 Å². The molecule has 1 saturated heterocycles. The SMILES string of the molecule is N[C@@H]1CCCC[C@H]1NC(=O)C1COCCO1. The van der Waals surface area contributed by atoms with E-state index in [4.69, 9.17) is 15.2 Å². The second kappa shape index (κ2) is 5.61. The number of hydrogen-bond acceptors (Lipinski definition) is 4. The average Bonchev–Trinajstić information content (AvgIpc) is 2.33. The van der Waals surface area contributed by atoms with Crippen LogP contribution < -0.4 is 11.1 Å². The quantitative estimate of drug-likeness (QED) is 0.686. The summed E-state index contributed by atoms with van der Waals surface area (Å²) >= 11 is 0. The van der Waals surface area contributed by atoms with Crippen molar-refractivity contribution in [2.75, 3.05) is 19.8 Å². The van der Waals surface area contributed by atoms with Crippen molar-refractivity contribution in [3.05, 3.63) is 0 Å². The molecule has 2 fully saturated rings. The van der Waals surface area contributed by atoms with Crippen LogP contribution in [0, 0.1) is 0 Å². The lowest BCUT2D eigenvalue weighted by molar-refractivity contribution is -0.148. The third-order valence-corrected chi connectivity index (χ3v) is 3.26. The normalized spacial score (nSPS) is 35.7. The number of ether oxygens (including phenoxy) is 2. The first-order valence-electron chi connectivity index (χ1n) is 6.02. The van der Waals surface area contributed by atoms with Crippen LogP contribution >= 0.6 is 0 Å². The van der Waals surface area contributed by atoms with Gasteiger partial charge >= 0.3 is 0 Å². The number of hydrogen-bond donors (Lipinski definition) is 2. The molecular weight excluding hydrogens is 208 g/mol. The van der Waals surface area contributed by atoms with Crippen LogP contribution in [0.2, 0.25) is 0 Å². The van der Waals surface area contributed by atoms with Gasteiger partial charge in [0.2, 0.25) is 0 Å². The first-order valence-corrected chi connectivity index (χ1v) is 6.02. The minimum Gasteiger partial charge on any atom is -0.376 e. The molecule has 1 unspecified atom stereocenters.